The zero-order valence-corrected chi connectivity index (χ0v) is 16.1. The van der Waals surface area contributed by atoms with Crippen LogP contribution in [0.3, 0.4) is 0 Å². The van der Waals surface area contributed by atoms with E-state index in [0.29, 0.717) is 0 Å². The molecule has 0 spiro atoms. The Hall–Kier alpha value is -2.21. The topological polar surface area (TPSA) is 64.1 Å². The van der Waals surface area contributed by atoms with Gasteiger partial charge in [-0.05, 0) is 43.9 Å². The van der Waals surface area contributed by atoms with Gasteiger partial charge in [0.1, 0.15) is 0 Å². The molecule has 1 aliphatic rings. The Morgan fingerprint density at radius 2 is 2.00 bits per heavy atom. The van der Waals surface area contributed by atoms with E-state index in [2.05, 4.69) is 34.7 Å². The summed E-state index contributed by atoms with van der Waals surface area (Å²) < 4.78 is 16.0. The van der Waals surface area contributed by atoms with Crippen molar-refractivity contribution in [2.75, 3.05) is 47.1 Å². The molecule has 1 heterocycles. The van der Waals surface area contributed by atoms with Crippen LogP contribution in [0, 0.1) is 0 Å². The van der Waals surface area contributed by atoms with Gasteiger partial charge in [-0.25, -0.2) is 0 Å². The molecule has 144 valence electrons. The fourth-order valence-electron chi connectivity index (χ4n) is 2.81. The summed E-state index contributed by atoms with van der Waals surface area (Å²) in [5.74, 6) is 2.37. The maximum Gasteiger partial charge on any atom is 0.191 e. The molecule has 2 rings (SSSR count). The number of hydrogen-bond donors (Lipinski definition) is 2. The van der Waals surface area contributed by atoms with Gasteiger partial charge in [-0.2, -0.15) is 0 Å². The Balaban J connectivity index is 1.81. The largest absolute Gasteiger partial charge is 0.493 e. The minimum atomic E-state index is 0.739. The number of nitrogens with zero attached hydrogens (tertiary/aromatic N) is 1. The lowest BCUT2D eigenvalue weighted by Crippen LogP contribution is -2.38. The van der Waals surface area contributed by atoms with Gasteiger partial charge in [0.25, 0.3) is 0 Å². The first-order valence-electron chi connectivity index (χ1n) is 9.25. The van der Waals surface area contributed by atoms with Crippen LogP contribution in [-0.2, 0) is 11.2 Å². The lowest BCUT2D eigenvalue weighted by Gasteiger charge is -2.14. The van der Waals surface area contributed by atoms with Crippen LogP contribution in [0.5, 0.6) is 11.5 Å². The van der Waals surface area contributed by atoms with Crippen molar-refractivity contribution < 1.29 is 14.2 Å². The van der Waals surface area contributed by atoms with E-state index in [0.717, 1.165) is 69.6 Å². The second-order valence-electron chi connectivity index (χ2n) is 6.06. The summed E-state index contributed by atoms with van der Waals surface area (Å²) >= 11 is 0. The molecule has 0 amide bonds. The van der Waals surface area contributed by atoms with E-state index in [1.807, 2.05) is 12.1 Å². The highest BCUT2D eigenvalue weighted by molar-refractivity contribution is 5.79. The molecular formula is C20H31N3O3. The van der Waals surface area contributed by atoms with Crippen molar-refractivity contribution in [2.24, 2.45) is 4.99 Å². The van der Waals surface area contributed by atoms with Crippen molar-refractivity contribution in [3.8, 4) is 11.5 Å². The van der Waals surface area contributed by atoms with Gasteiger partial charge in [-0.15, -0.1) is 0 Å². The third-order valence-electron chi connectivity index (χ3n) is 4.26. The molecule has 0 aromatic heterocycles. The summed E-state index contributed by atoms with van der Waals surface area (Å²) in [5.41, 5.74) is 2.64. The number of guanidine groups is 1. The molecule has 0 unspecified atom stereocenters. The number of ether oxygens (including phenoxy) is 3. The van der Waals surface area contributed by atoms with Crippen LogP contribution >= 0.6 is 0 Å². The van der Waals surface area contributed by atoms with Gasteiger partial charge in [0, 0.05) is 19.6 Å². The molecule has 6 heteroatoms. The van der Waals surface area contributed by atoms with E-state index < -0.39 is 0 Å². The first-order valence-corrected chi connectivity index (χ1v) is 9.25. The van der Waals surface area contributed by atoms with Crippen LogP contribution in [0.2, 0.25) is 0 Å². The van der Waals surface area contributed by atoms with Crippen LogP contribution < -0.4 is 20.1 Å². The molecule has 6 nitrogen and oxygen atoms in total. The van der Waals surface area contributed by atoms with E-state index in [1.165, 1.54) is 11.1 Å². The number of rotatable bonds is 9. The molecule has 0 atom stereocenters. The van der Waals surface area contributed by atoms with Gasteiger partial charge in [0.15, 0.2) is 17.5 Å². The number of nitrogens with one attached hydrogen (secondary N) is 2. The average molecular weight is 361 g/mol. The highest BCUT2D eigenvalue weighted by atomic mass is 16.5. The molecule has 2 N–H and O–H groups in total. The van der Waals surface area contributed by atoms with Gasteiger partial charge in [-0.1, -0.05) is 17.7 Å². The fraction of sp³-hybridized carbons (Fsp3) is 0.550. The number of methoxy groups -OCH3 is 2. The van der Waals surface area contributed by atoms with E-state index in [9.17, 15) is 0 Å². The molecule has 0 aliphatic carbocycles. The van der Waals surface area contributed by atoms with Crippen LogP contribution in [0.25, 0.3) is 0 Å². The quantitative estimate of drug-likeness (QED) is 0.402. The van der Waals surface area contributed by atoms with Crippen molar-refractivity contribution in [2.45, 2.75) is 26.2 Å². The van der Waals surface area contributed by atoms with Crippen molar-refractivity contribution in [1.82, 2.24) is 10.6 Å². The summed E-state index contributed by atoms with van der Waals surface area (Å²) in [4.78, 5) is 4.67. The third-order valence-corrected chi connectivity index (χ3v) is 4.26. The van der Waals surface area contributed by atoms with Crippen LogP contribution in [0.4, 0.5) is 0 Å². The lowest BCUT2D eigenvalue weighted by molar-refractivity contribution is 0.153. The standard InChI is InChI=1S/C20H31N3O3/c1-4-21-20(22-11-7-16-9-13-26-14-10-16)23-12-8-17-5-6-18(24-2)19(15-17)25-3/h5-6,9,15H,4,7-8,10-14H2,1-3H3,(H2,21,22,23). The lowest BCUT2D eigenvalue weighted by atomic mass is 10.1. The molecule has 26 heavy (non-hydrogen) atoms. The fourth-order valence-corrected chi connectivity index (χ4v) is 2.81. The highest BCUT2D eigenvalue weighted by Gasteiger charge is 2.06. The summed E-state index contributed by atoms with van der Waals surface area (Å²) in [6.45, 7) is 6.09. The van der Waals surface area contributed by atoms with E-state index in [4.69, 9.17) is 14.2 Å². The van der Waals surface area contributed by atoms with E-state index in [1.54, 1.807) is 14.2 Å². The van der Waals surface area contributed by atoms with Crippen LogP contribution in [0.15, 0.2) is 34.8 Å². The first kappa shape index (κ1) is 20.1. The Kier molecular flexibility index (Phi) is 8.83. The minimum absolute atomic E-state index is 0.739. The van der Waals surface area contributed by atoms with Gasteiger partial charge < -0.3 is 24.8 Å². The Morgan fingerprint density at radius 1 is 1.15 bits per heavy atom. The average Bonchev–Trinajstić information content (AvgIpc) is 2.68. The number of aliphatic imine (C=N–C) groups is 1. The molecule has 0 bridgehead atoms. The maximum absolute atomic E-state index is 5.36. The van der Waals surface area contributed by atoms with Crippen LogP contribution in [0.1, 0.15) is 25.3 Å². The normalized spacial score (nSPS) is 14.6. The van der Waals surface area contributed by atoms with Crippen molar-refractivity contribution in [1.29, 1.82) is 0 Å². The third kappa shape index (κ3) is 6.59. The Labute approximate surface area is 156 Å². The molecule has 0 saturated carbocycles. The van der Waals surface area contributed by atoms with E-state index in [-0.39, 0.29) is 0 Å². The van der Waals surface area contributed by atoms with Gasteiger partial charge in [0.2, 0.25) is 0 Å². The SMILES string of the molecule is CCNC(=NCCC1=CCOCC1)NCCc1ccc(OC)c(OC)c1. The molecule has 0 radical (unpaired) electrons. The second-order valence-corrected chi connectivity index (χ2v) is 6.06. The zero-order valence-electron chi connectivity index (χ0n) is 16.1. The summed E-state index contributed by atoms with van der Waals surface area (Å²) in [5, 5.41) is 6.69. The van der Waals surface area contributed by atoms with Gasteiger partial charge in [-0.3, -0.25) is 4.99 Å². The predicted octanol–water partition coefficient (Wildman–Crippen LogP) is 2.54. The molecule has 0 saturated heterocycles. The number of hydrogen-bond acceptors (Lipinski definition) is 4. The summed E-state index contributed by atoms with van der Waals surface area (Å²) in [7, 11) is 3.30. The second kappa shape index (κ2) is 11.4. The van der Waals surface area contributed by atoms with Gasteiger partial charge >= 0.3 is 0 Å². The molecule has 1 aromatic carbocycles. The van der Waals surface area contributed by atoms with Crippen molar-refractivity contribution >= 4 is 5.96 Å². The zero-order chi connectivity index (χ0) is 18.6. The molecule has 1 aliphatic heterocycles. The highest BCUT2D eigenvalue weighted by Crippen LogP contribution is 2.27. The first-order chi connectivity index (χ1) is 12.8. The minimum Gasteiger partial charge on any atom is -0.493 e. The molecular weight excluding hydrogens is 330 g/mol. The van der Waals surface area contributed by atoms with E-state index >= 15 is 0 Å². The predicted molar refractivity (Wildman–Crippen MR) is 105 cm³/mol. The Bertz CT molecular complexity index is 614. The summed E-state index contributed by atoms with van der Waals surface area (Å²) in [6.07, 6.45) is 5.08. The number of benzene rings is 1. The van der Waals surface area contributed by atoms with Gasteiger partial charge in [0.05, 0.1) is 27.4 Å². The van der Waals surface area contributed by atoms with Crippen LogP contribution in [-0.4, -0.2) is 53.0 Å². The smallest absolute Gasteiger partial charge is 0.191 e. The maximum atomic E-state index is 5.36. The summed E-state index contributed by atoms with van der Waals surface area (Å²) in [6, 6.07) is 6.02. The monoisotopic (exact) mass is 361 g/mol. The van der Waals surface area contributed by atoms with Crippen molar-refractivity contribution in [3.63, 3.8) is 0 Å². The molecule has 0 fully saturated rings. The Morgan fingerprint density at radius 3 is 2.69 bits per heavy atom. The van der Waals surface area contributed by atoms with Crippen molar-refractivity contribution in [3.05, 3.63) is 35.4 Å². The molecule has 1 aromatic rings.